The topological polar surface area (TPSA) is 106 Å². The van der Waals surface area contributed by atoms with E-state index in [-0.39, 0.29) is 16.9 Å². The van der Waals surface area contributed by atoms with Crippen LogP contribution in [0.15, 0.2) is 102 Å². The van der Waals surface area contributed by atoms with Crippen LogP contribution >= 0.6 is 11.8 Å². The lowest BCUT2D eigenvalue weighted by Crippen LogP contribution is -2.30. The van der Waals surface area contributed by atoms with Crippen molar-refractivity contribution in [1.29, 1.82) is 0 Å². The number of rotatable bonds is 11. The highest BCUT2D eigenvalue weighted by atomic mass is 32.2. The lowest BCUT2D eigenvalue weighted by Gasteiger charge is -2.15. The number of nitrogens with one attached hydrogen (secondary N) is 3. The van der Waals surface area contributed by atoms with Gasteiger partial charge in [-0.05, 0) is 98.1 Å². The Labute approximate surface area is 261 Å². The average Bonchev–Trinajstić information content (AvgIpc) is 3.03. The van der Waals surface area contributed by atoms with Crippen LogP contribution in [-0.2, 0) is 9.59 Å². The number of benzene rings is 4. The molecule has 0 aromatic heterocycles. The summed E-state index contributed by atoms with van der Waals surface area (Å²) in [6.07, 6.45) is 1.57. The van der Waals surface area contributed by atoms with Gasteiger partial charge in [0.05, 0.1) is 19.5 Å². The number of hydrogen-bond donors (Lipinski definition) is 3. The van der Waals surface area contributed by atoms with Crippen molar-refractivity contribution in [2.75, 3.05) is 24.9 Å². The molecule has 0 spiro atoms. The number of anilines is 2. The molecule has 4 aromatic rings. The number of aryl methyl sites for hydroxylation is 2. The summed E-state index contributed by atoms with van der Waals surface area (Å²) in [6, 6.07) is 27.0. The number of carbonyl (C=O) groups excluding carboxylic acids is 3. The van der Waals surface area contributed by atoms with Gasteiger partial charge in [0.15, 0.2) is 11.5 Å². The first-order chi connectivity index (χ1) is 21.2. The van der Waals surface area contributed by atoms with Crippen molar-refractivity contribution < 1.29 is 23.9 Å². The Hall–Kier alpha value is -5.02. The fourth-order valence-corrected chi connectivity index (χ4v) is 5.10. The largest absolute Gasteiger partial charge is 0.493 e. The van der Waals surface area contributed by atoms with Gasteiger partial charge in [-0.2, -0.15) is 0 Å². The van der Waals surface area contributed by atoms with Crippen molar-refractivity contribution in [3.63, 3.8) is 0 Å². The number of thioether (sulfide) groups is 1. The maximum atomic E-state index is 13.4. The molecule has 1 unspecified atom stereocenters. The van der Waals surface area contributed by atoms with E-state index in [1.165, 1.54) is 26.0 Å². The van der Waals surface area contributed by atoms with Crippen molar-refractivity contribution in [2.45, 2.75) is 30.9 Å². The van der Waals surface area contributed by atoms with E-state index in [1.807, 2.05) is 57.2 Å². The number of amides is 3. The summed E-state index contributed by atoms with van der Waals surface area (Å²) in [5, 5.41) is 8.25. The fourth-order valence-electron chi connectivity index (χ4n) is 4.23. The van der Waals surface area contributed by atoms with Crippen LogP contribution in [0.2, 0.25) is 0 Å². The van der Waals surface area contributed by atoms with Crippen LogP contribution in [0.4, 0.5) is 11.4 Å². The average molecular weight is 610 g/mol. The molecule has 44 heavy (non-hydrogen) atoms. The third-order valence-corrected chi connectivity index (χ3v) is 7.80. The van der Waals surface area contributed by atoms with E-state index >= 15 is 0 Å². The van der Waals surface area contributed by atoms with Gasteiger partial charge in [0.25, 0.3) is 11.8 Å². The highest BCUT2D eigenvalue weighted by molar-refractivity contribution is 8.00. The second kappa shape index (κ2) is 14.9. The molecule has 3 amide bonds. The van der Waals surface area contributed by atoms with E-state index in [2.05, 4.69) is 16.0 Å². The van der Waals surface area contributed by atoms with Crippen LogP contribution in [0.25, 0.3) is 6.08 Å². The Morgan fingerprint density at radius 1 is 0.795 bits per heavy atom. The third kappa shape index (κ3) is 8.52. The molecule has 0 aliphatic rings. The summed E-state index contributed by atoms with van der Waals surface area (Å²) in [5.74, 6) is -0.00215. The van der Waals surface area contributed by atoms with Crippen molar-refractivity contribution in [1.82, 2.24) is 5.32 Å². The molecule has 0 saturated heterocycles. The van der Waals surface area contributed by atoms with Crippen LogP contribution in [-0.4, -0.2) is 37.2 Å². The van der Waals surface area contributed by atoms with E-state index < -0.39 is 11.8 Å². The second-order valence-electron chi connectivity index (χ2n) is 10.0. The van der Waals surface area contributed by atoms with E-state index in [4.69, 9.17) is 9.47 Å². The SMILES string of the molecule is COc1ccc(/C=C(\NC(=O)c2ccccc2)C(=O)Nc2ccc(SC(C)C(=O)Nc3cc(C)ccc3C)cc2)cc1OC. The minimum Gasteiger partial charge on any atom is -0.493 e. The number of methoxy groups -OCH3 is 2. The van der Waals surface area contributed by atoms with Crippen LogP contribution < -0.4 is 25.4 Å². The third-order valence-electron chi connectivity index (χ3n) is 6.69. The van der Waals surface area contributed by atoms with Crippen molar-refractivity contribution >= 4 is 46.9 Å². The summed E-state index contributed by atoms with van der Waals surface area (Å²) in [6.45, 7) is 5.79. The quantitative estimate of drug-likeness (QED) is 0.127. The van der Waals surface area contributed by atoms with E-state index in [1.54, 1.807) is 60.7 Å². The van der Waals surface area contributed by atoms with Gasteiger partial charge in [-0.3, -0.25) is 14.4 Å². The zero-order valence-corrected chi connectivity index (χ0v) is 26.1. The van der Waals surface area contributed by atoms with Gasteiger partial charge < -0.3 is 25.4 Å². The van der Waals surface area contributed by atoms with Gasteiger partial charge in [-0.15, -0.1) is 11.8 Å². The monoisotopic (exact) mass is 609 g/mol. The summed E-state index contributed by atoms with van der Waals surface area (Å²) < 4.78 is 10.7. The molecule has 0 heterocycles. The highest BCUT2D eigenvalue weighted by Gasteiger charge is 2.18. The van der Waals surface area contributed by atoms with E-state index in [9.17, 15) is 14.4 Å². The first-order valence-electron chi connectivity index (χ1n) is 13.9. The van der Waals surface area contributed by atoms with Crippen molar-refractivity contribution in [2.24, 2.45) is 0 Å². The van der Waals surface area contributed by atoms with Gasteiger partial charge in [0, 0.05) is 21.8 Å². The minimum absolute atomic E-state index is 0.0428. The molecule has 3 N–H and O–H groups in total. The number of hydrogen-bond acceptors (Lipinski definition) is 6. The molecule has 0 aliphatic heterocycles. The Morgan fingerprint density at radius 2 is 1.50 bits per heavy atom. The Bertz CT molecular complexity index is 1670. The van der Waals surface area contributed by atoms with Crippen molar-refractivity contribution in [3.8, 4) is 11.5 Å². The Balaban J connectivity index is 1.47. The van der Waals surface area contributed by atoms with E-state index in [0.29, 0.717) is 28.3 Å². The molecule has 4 rings (SSSR count). The molecule has 226 valence electrons. The van der Waals surface area contributed by atoms with Crippen LogP contribution in [0.1, 0.15) is 34.0 Å². The smallest absolute Gasteiger partial charge is 0.272 e. The molecular formula is C35H35N3O5S. The lowest BCUT2D eigenvalue weighted by molar-refractivity contribution is -0.115. The summed E-state index contributed by atoms with van der Waals surface area (Å²) in [7, 11) is 3.06. The van der Waals surface area contributed by atoms with Crippen LogP contribution in [0, 0.1) is 13.8 Å². The summed E-state index contributed by atoms with van der Waals surface area (Å²) in [4.78, 5) is 40.1. The van der Waals surface area contributed by atoms with E-state index in [0.717, 1.165) is 21.7 Å². The molecule has 1 atom stereocenters. The molecule has 0 fully saturated rings. The first kappa shape index (κ1) is 31.9. The van der Waals surface area contributed by atoms with Crippen molar-refractivity contribution in [3.05, 3.63) is 119 Å². The van der Waals surface area contributed by atoms with Gasteiger partial charge in [-0.25, -0.2) is 0 Å². The minimum atomic E-state index is -0.509. The summed E-state index contributed by atoms with van der Waals surface area (Å²) >= 11 is 1.41. The predicted molar refractivity (Wildman–Crippen MR) is 176 cm³/mol. The fraction of sp³-hybridized carbons (Fsp3) is 0.171. The van der Waals surface area contributed by atoms with Gasteiger partial charge >= 0.3 is 0 Å². The molecule has 4 aromatic carbocycles. The molecule has 0 saturated carbocycles. The second-order valence-corrected chi connectivity index (χ2v) is 11.5. The molecule has 0 bridgehead atoms. The van der Waals surface area contributed by atoms with Gasteiger partial charge in [0.2, 0.25) is 5.91 Å². The molecular weight excluding hydrogens is 574 g/mol. The lowest BCUT2D eigenvalue weighted by atomic mass is 10.1. The molecule has 0 aliphatic carbocycles. The normalized spacial score (nSPS) is 11.7. The Morgan fingerprint density at radius 3 is 2.18 bits per heavy atom. The zero-order chi connectivity index (χ0) is 31.6. The van der Waals surface area contributed by atoms with Gasteiger partial charge in [-0.1, -0.05) is 36.4 Å². The standard InChI is InChI=1S/C35H35N3O5S/c1-22-11-12-23(2)29(19-22)37-33(39)24(3)44-28-16-14-27(15-17-28)36-35(41)30(38-34(40)26-9-7-6-8-10-26)20-25-13-18-31(42-4)32(21-25)43-5/h6-21,24H,1-5H3,(H,36,41)(H,37,39)(H,38,40)/b30-20-. The maximum Gasteiger partial charge on any atom is 0.272 e. The number of carbonyl (C=O) groups is 3. The predicted octanol–water partition coefficient (Wildman–Crippen LogP) is 6.85. The molecule has 0 radical (unpaired) electrons. The molecule has 8 nitrogen and oxygen atoms in total. The van der Waals surface area contributed by atoms with Crippen LogP contribution in [0.5, 0.6) is 11.5 Å². The van der Waals surface area contributed by atoms with Crippen LogP contribution in [0.3, 0.4) is 0 Å². The highest BCUT2D eigenvalue weighted by Crippen LogP contribution is 2.29. The zero-order valence-electron chi connectivity index (χ0n) is 25.3. The first-order valence-corrected chi connectivity index (χ1v) is 14.8. The number of ether oxygens (including phenoxy) is 2. The van der Waals surface area contributed by atoms with Gasteiger partial charge in [0.1, 0.15) is 5.70 Å². The maximum absolute atomic E-state index is 13.4. The summed E-state index contributed by atoms with van der Waals surface area (Å²) in [5.41, 5.74) is 4.49. The Kier molecular flexibility index (Phi) is 10.8. The molecule has 9 heteroatoms.